The molecule has 2 aliphatic heterocycles. The van der Waals surface area contributed by atoms with E-state index in [-0.39, 0.29) is 0 Å². The summed E-state index contributed by atoms with van der Waals surface area (Å²) < 4.78 is 0. The Morgan fingerprint density at radius 2 is 1.93 bits per heavy atom. The third kappa shape index (κ3) is 4.32. The summed E-state index contributed by atoms with van der Waals surface area (Å²) in [5.41, 5.74) is 6.33. The Morgan fingerprint density at radius 3 is 2.68 bits per heavy atom. The van der Waals surface area contributed by atoms with Gasteiger partial charge in [-0.3, -0.25) is 14.9 Å². The number of aryl methyl sites for hydroxylation is 2. The average Bonchev–Trinajstić information content (AvgIpc) is 3.19. The Labute approximate surface area is 168 Å². The lowest BCUT2D eigenvalue weighted by Gasteiger charge is -2.42. The van der Waals surface area contributed by atoms with E-state index in [1.165, 1.54) is 54.5 Å². The highest BCUT2D eigenvalue weighted by molar-refractivity contribution is 5.64. The summed E-state index contributed by atoms with van der Waals surface area (Å²) in [4.78, 5) is 5.21. The van der Waals surface area contributed by atoms with Crippen molar-refractivity contribution in [3.63, 3.8) is 0 Å². The molecule has 1 aromatic heterocycles. The lowest BCUT2D eigenvalue weighted by Crippen LogP contribution is -2.48. The third-order valence-corrected chi connectivity index (χ3v) is 6.79. The first-order valence-electron chi connectivity index (χ1n) is 10.8. The molecule has 1 atom stereocenters. The number of nitrogens with one attached hydrogen (secondary N) is 1. The molecule has 0 saturated carbocycles. The molecule has 0 aliphatic carbocycles. The van der Waals surface area contributed by atoms with Crippen molar-refractivity contribution in [1.29, 1.82) is 0 Å². The molecule has 4 rings (SSSR count). The van der Waals surface area contributed by atoms with Gasteiger partial charge in [-0.2, -0.15) is 5.10 Å². The van der Waals surface area contributed by atoms with Crippen molar-refractivity contribution in [3.05, 3.63) is 41.1 Å². The second kappa shape index (κ2) is 8.76. The molecule has 0 bridgehead atoms. The number of piperidine rings is 2. The van der Waals surface area contributed by atoms with Crippen molar-refractivity contribution in [2.75, 3.05) is 32.8 Å². The maximum absolute atomic E-state index is 9.50. The van der Waals surface area contributed by atoms with Gasteiger partial charge < -0.3 is 5.11 Å². The van der Waals surface area contributed by atoms with Crippen LogP contribution in [0.25, 0.3) is 11.3 Å². The largest absolute Gasteiger partial charge is 0.396 e. The summed E-state index contributed by atoms with van der Waals surface area (Å²) >= 11 is 0. The van der Waals surface area contributed by atoms with Crippen LogP contribution in [-0.2, 0) is 6.54 Å². The summed E-state index contributed by atoms with van der Waals surface area (Å²) in [6, 6.07) is 7.33. The number of aromatic amines is 1. The van der Waals surface area contributed by atoms with Gasteiger partial charge in [-0.15, -0.1) is 0 Å². The highest BCUT2D eigenvalue weighted by Crippen LogP contribution is 2.27. The van der Waals surface area contributed by atoms with Gasteiger partial charge >= 0.3 is 0 Å². The van der Waals surface area contributed by atoms with Crippen LogP contribution in [0.2, 0.25) is 0 Å². The summed E-state index contributed by atoms with van der Waals surface area (Å²) in [6.45, 7) is 10.2. The molecule has 5 heteroatoms. The molecule has 3 heterocycles. The van der Waals surface area contributed by atoms with Crippen molar-refractivity contribution in [1.82, 2.24) is 20.0 Å². The Bertz CT molecular complexity index is 779. The van der Waals surface area contributed by atoms with Crippen molar-refractivity contribution in [2.24, 2.45) is 5.92 Å². The van der Waals surface area contributed by atoms with Gasteiger partial charge in [0.1, 0.15) is 0 Å². The van der Waals surface area contributed by atoms with Gasteiger partial charge in [0.2, 0.25) is 0 Å². The van der Waals surface area contributed by atoms with Gasteiger partial charge in [-0.05, 0) is 82.3 Å². The second-order valence-electron chi connectivity index (χ2n) is 8.76. The molecule has 5 nitrogen and oxygen atoms in total. The molecule has 0 spiro atoms. The van der Waals surface area contributed by atoms with Crippen molar-refractivity contribution >= 4 is 0 Å². The first-order valence-corrected chi connectivity index (χ1v) is 10.8. The number of rotatable bonds is 5. The van der Waals surface area contributed by atoms with E-state index in [0.717, 1.165) is 31.9 Å². The molecule has 1 aromatic carbocycles. The Hall–Kier alpha value is -1.69. The molecule has 152 valence electrons. The summed E-state index contributed by atoms with van der Waals surface area (Å²) in [6.07, 6.45) is 6.88. The van der Waals surface area contributed by atoms with E-state index >= 15 is 0 Å². The monoisotopic (exact) mass is 382 g/mol. The van der Waals surface area contributed by atoms with E-state index in [0.29, 0.717) is 18.6 Å². The molecule has 2 N–H and O–H groups in total. The van der Waals surface area contributed by atoms with Gasteiger partial charge in [0.15, 0.2) is 0 Å². The van der Waals surface area contributed by atoms with Crippen molar-refractivity contribution < 1.29 is 5.11 Å². The molecule has 0 radical (unpaired) electrons. The molecular weight excluding hydrogens is 348 g/mol. The Balaban J connectivity index is 1.36. The number of hydrogen-bond donors (Lipinski definition) is 2. The lowest BCUT2D eigenvalue weighted by atomic mass is 9.94. The summed E-state index contributed by atoms with van der Waals surface area (Å²) in [7, 11) is 0. The first kappa shape index (κ1) is 19.6. The number of H-pyrrole nitrogens is 1. The van der Waals surface area contributed by atoms with E-state index in [4.69, 9.17) is 0 Å². The second-order valence-corrected chi connectivity index (χ2v) is 8.76. The summed E-state index contributed by atoms with van der Waals surface area (Å²) in [5.74, 6) is 0.484. The SMILES string of the molecule is Cc1ccc(-c2[nH]ncc2CN2CCC(N3CCCC(CO)C3)CC2)cc1C. The van der Waals surface area contributed by atoms with Crippen LogP contribution in [0.5, 0.6) is 0 Å². The van der Waals surface area contributed by atoms with Gasteiger partial charge in [0.25, 0.3) is 0 Å². The van der Waals surface area contributed by atoms with E-state index in [1.807, 2.05) is 6.20 Å². The van der Waals surface area contributed by atoms with Gasteiger partial charge in [-0.25, -0.2) is 0 Å². The molecule has 0 amide bonds. The van der Waals surface area contributed by atoms with Gasteiger partial charge in [0, 0.05) is 36.9 Å². The number of aliphatic hydroxyl groups excluding tert-OH is 1. The van der Waals surface area contributed by atoms with Crippen LogP contribution in [0.4, 0.5) is 0 Å². The minimum Gasteiger partial charge on any atom is -0.396 e. The van der Waals surface area contributed by atoms with E-state index in [2.05, 4.69) is 52.0 Å². The van der Waals surface area contributed by atoms with Crippen LogP contribution in [0.3, 0.4) is 0 Å². The topological polar surface area (TPSA) is 55.4 Å². The fraction of sp³-hybridized carbons (Fsp3) is 0.609. The van der Waals surface area contributed by atoms with Gasteiger partial charge in [-0.1, -0.05) is 12.1 Å². The predicted octanol–water partition coefficient (Wildman–Crippen LogP) is 3.36. The summed E-state index contributed by atoms with van der Waals surface area (Å²) in [5, 5.41) is 17.1. The van der Waals surface area contributed by atoms with Crippen molar-refractivity contribution in [2.45, 2.75) is 52.1 Å². The number of hydrogen-bond acceptors (Lipinski definition) is 4. The Kier molecular flexibility index (Phi) is 6.14. The van der Waals surface area contributed by atoms with E-state index in [9.17, 15) is 5.11 Å². The van der Waals surface area contributed by atoms with Crippen LogP contribution < -0.4 is 0 Å². The fourth-order valence-electron chi connectivity index (χ4n) is 4.84. The zero-order valence-electron chi connectivity index (χ0n) is 17.3. The highest BCUT2D eigenvalue weighted by atomic mass is 16.3. The molecule has 2 saturated heterocycles. The molecule has 28 heavy (non-hydrogen) atoms. The minimum atomic E-state index is 0.344. The van der Waals surface area contributed by atoms with Crippen LogP contribution in [0.15, 0.2) is 24.4 Å². The molecule has 2 fully saturated rings. The van der Waals surface area contributed by atoms with Crippen LogP contribution in [-0.4, -0.2) is 63.9 Å². The maximum atomic E-state index is 9.50. The number of aromatic nitrogens is 2. The first-order chi connectivity index (χ1) is 13.6. The van der Waals surface area contributed by atoms with Crippen LogP contribution >= 0.6 is 0 Å². The molecule has 1 unspecified atom stereocenters. The van der Waals surface area contributed by atoms with Crippen LogP contribution in [0, 0.1) is 19.8 Å². The smallest absolute Gasteiger partial charge is 0.0695 e. The van der Waals surface area contributed by atoms with Crippen LogP contribution in [0.1, 0.15) is 42.4 Å². The van der Waals surface area contributed by atoms with E-state index in [1.54, 1.807) is 0 Å². The van der Waals surface area contributed by atoms with Crippen molar-refractivity contribution in [3.8, 4) is 11.3 Å². The number of nitrogens with zero attached hydrogens (tertiary/aromatic N) is 3. The Morgan fingerprint density at radius 1 is 1.11 bits per heavy atom. The lowest BCUT2D eigenvalue weighted by molar-refractivity contribution is 0.0526. The molecule has 2 aromatic rings. The number of benzene rings is 1. The highest BCUT2D eigenvalue weighted by Gasteiger charge is 2.29. The van der Waals surface area contributed by atoms with E-state index < -0.39 is 0 Å². The quantitative estimate of drug-likeness (QED) is 0.833. The average molecular weight is 383 g/mol. The normalized spacial score (nSPS) is 22.6. The standard InChI is InChI=1S/C23H34N4O/c1-17-5-6-20(12-18(17)2)23-21(13-24-25-23)15-26-10-7-22(8-11-26)27-9-3-4-19(14-27)16-28/h5-6,12-13,19,22,28H,3-4,7-11,14-16H2,1-2H3,(H,24,25). The maximum Gasteiger partial charge on any atom is 0.0695 e. The minimum absolute atomic E-state index is 0.344. The van der Waals surface area contributed by atoms with Gasteiger partial charge in [0.05, 0.1) is 11.9 Å². The molecular formula is C23H34N4O. The zero-order valence-corrected chi connectivity index (χ0v) is 17.3. The number of likely N-dealkylation sites (tertiary alicyclic amines) is 2. The molecule has 2 aliphatic rings. The zero-order chi connectivity index (χ0) is 19.5. The predicted molar refractivity (Wildman–Crippen MR) is 113 cm³/mol. The third-order valence-electron chi connectivity index (χ3n) is 6.79. The number of aliphatic hydroxyl groups is 1. The fourth-order valence-corrected chi connectivity index (χ4v) is 4.84.